The first-order chi connectivity index (χ1) is 23.1. The van der Waals surface area contributed by atoms with E-state index in [-0.39, 0.29) is 50.7 Å². The molecule has 0 aliphatic carbocycles. The Morgan fingerprint density at radius 2 is 1.04 bits per heavy atom. The van der Waals surface area contributed by atoms with Gasteiger partial charge < -0.3 is 54.3 Å². The van der Waals surface area contributed by atoms with Gasteiger partial charge in [0.2, 0.25) is 29.5 Å². The molecule has 0 aliphatic rings. The highest BCUT2D eigenvalue weighted by molar-refractivity contribution is 5.90. The lowest BCUT2D eigenvalue weighted by molar-refractivity contribution is -0.201. The number of hydrogen-bond acceptors (Lipinski definition) is 12. The van der Waals surface area contributed by atoms with Crippen LogP contribution in [0.3, 0.4) is 0 Å². The van der Waals surface area contributed by atoms with Crippen molar-refractivity contribution in [3.8, 4) is 0 Å². The maximum Gasteiger partial charge on any atom is 0.491 e. The molecule has 17 nitrogen and oxygen atoms in total. The number of amides is 5. The molecule has 0 unspecified atom stereocenters. The molecule has 0 rings (SSSR count). The number of esters is 2. The fourth-order valence-corrected chi connectivity index (χ4v) is 4.09. The lowest BCUT2D eigenvalue weighted by atomic mass is 10.1. The zero-order valence-electron chi connectivity index (χ0n) is 27.7. The summed E-state index contributed by atoms with van der Waals surface area (Å²) in [5.74, 6) is -6.74. The Morgan fingerprint density at radius 1 is 0.571 bits per heavy atom. The maximum atomic E-state index is 12.8. The van der Waals surface area contributed by atoms with Crippen molar-refractivity contribution >= 4 is 41.5 Å². The van der Waals surface area contributed by atoms with E-state index in [2.05, 4.69) is 31.3 Å². The summed E-state index contributed by atoms with van der Waals surface area (Å²) in [6.07, 6.45) is -1.82. The molecule has 13 N–H and O–H groups in total. The van der Waals surface area contributed by atoms with Gasteiger partial charge in [-0.1, -0.05) is 12.8 Å². The first kappa shape index (κ1) is 45.1. The molecule has 0 aliphatic heterocycles. The molecule has 49 heavy (non-hydrogen) atoms. The topological polar surface area (TPSA) is 293 Å². The summed E-state index contributed by atoms with van der Waals surface area (Å²) in [4.78, 5) is 83.8. The predicted octanol–water partition coefficient (Wildman–Crippen LogP) is -2.18. The molecule has 0 spiro atoms. The SMILES string of the molecule is NCCCC[C@H](N)C(=O)NCCC(=O)NCCCC[C@H](NC(=O)CCNC(=O)[C@@H](N)CCCCN)C(=O)NCCC(=O)OC(=O)C(F)(F)F. The number of carbonyl (C=O) groups is 7. The van der Waals surface area contributed by atoms with Gasteiger partial charge in [-0.25, -0.2) is 4.79 Å². The molecule has 0 bridgehead atoms. The number of carbonyl (C=O) groups excluding carboxylic acids is 7. The molecule has 3 atom stereocenters. The highest BCUT2D eigenvalue weighted by Gasteiger charge is 2.42. The van der Waals surface area contributed by atoms with E-state index in [1.54, 1.807) is 0 Å². The van der Waals surface area contributed by atoms with Crippen LogP contribution in [0.4, 0.5) is 13.2 Å². The number of ether oxygens (including phenoxy) is 1. The van der Waals surface area contributed by atoms with Crippen molar-refractivity contribution in [1.29, 1.82) is 0 Å². The van der Waals surface area contributed by atoms with Gasteiger partial charge in [-0.2, -0.15) is 13.2 Å². The minimum atomic E-state index is -5.36. The Kier molecular flexibility index (Phi) is 24.0. The van der Waals surface area contributed by atoms with Crippen LogP contribution in [-0.4, -0.2) is 105 Å². The first-order valence-corrected chi connectivity index (χ1v) is 16.2. The van der Waals surface area contributed by atoms with Crippen molar-refractivity contribution < 1.29 is 51.5 Å². The minimum Gasteiger partial charge on any atom is -0.386 e. The van der Waals surface area contributed by atoms with Crippen molar-refractivity contribution in [1.82, 2.24) is 26.6 Å². The monoisotopic (exact) mass is 711 g/mol. The predicted molar refractivity (Wildman–Crippen MR) is 171 cm³/mol. The Labute approximate surface area is 283 Å². The van der Waals surface area contributed by atoms with Crippen molar-refractivity contribution in [2.24, 2.45) is 22.9 Å². The molecule has 0 heterocycles. The third-order valence-corrected chi connectivity index (χ3v) is 6.87. The van der Waals surface area contributed by atoms with E-state index in [0.717, 1.165) is 6.42 Å². The van der Waals surface area contributed by atoms with Gasteiger partial charge in [-0.05, 0) is 58.0 Å². The minimum absolute atomic E-state index is 0.00842. The van der Waals surface area contributed by atoms with Crippen molar-refractivity contribution in [2.45, 2.75) is 101 Å². The molecule has 282 valence electrons. The summed E-state index contributed by atoms with van der Waals surface area (Å²) in [6.45, 7) is 0.706. The molecule has 0 fully saturated rings. The van der Waals surface area contributed by atoms with Gasteiger partial charge in [0.25, 0.3) is 0 Å². The second kappa shape index (κ2) is 26.0. The Morgan fingerprint density at radius 3 is 1.55 bits per heavy atom. The molecular weight excluding hydrogens is 659 g/mol. The van der Waals surface area contributed by atoms with E-state index < -0.39 is 66.9 Å². The number of nitrogens with one attached hydrogen (secondary N) is 5. The van der Waals surface area contributed by atoms with E-state index in [9.17, 15) is 46.7 Å². The van der Waals surface area contributed by atoms with Gasteiger partial charge in [0.1, 0.15) is 6.04 Å². The quantitative estimate of drug-likeness (QED) is 0.0263. The molecule has 0 radical (unpaired) electrons. The average Bonchev–Trinajstić information content (AvgIpc) is 3.03. The number of nitrogens with two attached hydrogens (primary N) is 4. The third kappa shape index (κ3) is 23.2. The van der Waals surface area contributed by atoms with Crippen LogP contribution >= 0.6 is 0 Å². The Bertz CT molecular complexity index is 1070. The number of alkyl halides is 3. The van der Waals surface area contributed by atoms with E-state index in [4.69, 9.17) is 22.9 Å². The molecule has 0 aromatic heterocycles. The molecule has 0 aromatic carbocycles. The standard InChI is InChI=1S/C29H52F3N9O8/c30-29(31,32)28(48)49-24(44)12-18-40-27(47)21(41-23(43)11-17-39-26(46)20(36)8-2-5-14-34)9-3-6-15-37-22(42)10-16-38-25(45)19(35)7-1-4-13-33/h19-21H,1-18,33-36H2,(H,37,42)(H,38,45)(H,39,46)(H,40,47)(H,41,43)/t19-,20-,21-/m0/s1. The second-order valence-electron chi connectivity index (χ2n) is 11.1. The van der Waals surface area contributed by atoms with Crippen LogP contribution in [0.5, 0.6) is 0 Å². The van der Waals surface area contributed by atoms with Crippen LogP contribution in [0.25, 0.3) is 0 Å². The molecule has 0 saturated heterocycles. The number of unbranched alkanes of at least 4 members (excludes halogenated alkanes) is 3. The normalized spacial score (nSPS) is 13.0. The Hall–Kier alpha value is -3.88. The van der Waals surface area contributed by atoms with Crippen LogP contribution in [-0.2, 0) is 38.3 Å². The number of rotatable bonds is 26. The highest BCUT2D eigenvalue weighted by Crippen LogP contribution is 2.16. The van der Waals surface area contributed by atoms with Gasteiger partial charge in [0.15, 0.2) is 0 Å². The fourth-order valence-electron chi connectivity index (χ4n) is 4.09. The highest BCUT2D eigenvalue weighted by atomic mass is 19.4. The summed E-state index contributed by atoms with van der Waals surface area (Å²) in [5.41, 5.74) is 22.4. The van der Waals surface area contributed by atoms with Gasteiger partial charge in [0, 0.05) is 39.0 Å². The summed E-state index contributed by atoms with van der Waals surface area (Å²) in [6, 6.07) is -2.61. The maximum absolute atomic E-state index is 12.8. The van der Waals surface area contributed by atoms with E-state index in [0.29, 0.717) is 58.0 Å². The second-order valence-corrected chi connectivity index (χ2v) is 11.1. The van der Waals surface area contributed by atoms with Crippen molar-refractivity contribution in [3.05, 3.63) is 0 Å². The van der Waals surface area contributed by atoms with E-state index in [1.807, 2.05) is 0 Å². The molecule has 5 amide bonds. The summed E-state index contributed by atoms with van der Waals surface area (Å²) >= 11 is 0. The van der Waals surface area contributed by atoms with Crippen LogP contribution in [0.2, 0.25) is 0 Å². The zero-order chi connectivity index (χ0) is 37.2. The molecular formula is C29H52F3N9O8. The van der Waals surface area contributed by atoms with E-state index in [1.165, 1.54) is 0 Å². The van der Waals surface area contributed by atoms with E-state index >= 15 is 0 Å². The summed E-state index contributed by atoms with van der Waals surface area (Å²) in [7, 11) is 0. The molecule has 0 saturated carbocycles. The summed E-state index contributed by atoms with van der Waals surface area (Å²) < 4.78 is 40.5. The van der Waals surface area contributed by atoms with Crippen LogP contribution in [0.15, 0.2) is 0 Å². The van der Waals surface area contributed by atoms with Gasteiger partial charge in [-0.3, -0.25) is 28.8 Å². The van der Waals surface area contributed by atoms with Gasteiger partial charge >= 0.3 is 18.1 Å². The molecule has 0 aromatic rings. The lowest BCUT2D eigenvalue weighted by Crippen LogP contribution is -2.48. The largest absolute Gasteiger partial charge is 0.491 e. The van der Waals surface area contributed by atoms with Crippen molar-refractivity contribution in [2.75, 3.05) is 39.3 Å². The number of halogens is 3. The van der Waals surface area contributed by atoms with Gasteiger partial charge in [0.05, 0.1) is 18.5 Å². The number of hydrogen-bond donors (Lipinski definition) is 9. The van der Waals surface area contributed by atoms with Crippen LogP contribution in [0.1, 0.15) is 77.0 Å². The Balaban J connectivity index is 4.81. The summed E-state index contributed by atoms with van der Waals surface area (Å²) in [5, 5.41) is 12.6. The fraction of sp³-hybridized carbons (Fsp3) is 0.759. The average molecular weight is 712 g/mol. The smallest absolute Gasteiger partial charge is 0.386 e. The lowest BCUT2D eigenvalue weighted by Gasteiger charge is -2.19. The molecule has 20 heteroatoms. The van der Waals surface area contributed by atoms with Gasteiger partial charge in [-0.15, -0.1) is 0 Å². The van der Waals surface area contributed by atoms with Crippen LogP contribution < -0.4 is 49.5 Å². The van der Waals surface area contributed by atoms with Crippen LogP contribution in [0, 0.1) is 0 Å². The first-order valence-electron chi connectivity index (χ1n) is 16.2. The van der Waals surface area contributed by atoms with Crippen molar-refractivity contribution in [3.63, 3.8) is 0 Å². The third-order valence-electron chi connectivity index (χ3n) is 6.87. The zero-order valence-corrected chi connectivity index (χ0v) is 27.7.